The van der Waals surface area contributed by atoms with Crippen LogP contribution in [0.25, 0.3) is 11.5 Å². The Morgan fingerprint density at radius 1 is 1.21 bits per heavy atom. The molecule has 3 rings (SSSR count). The SMILES string of the molecule is Cc1ccc(S(=O)(=O)CCn2nc(-c3ccc([N+](=O)[O-])cc3Cl)oc2=O)cc1. The van der Waals surface area contributed by atoms with Gasteiger partial charge in [-0.2, -0.15) is 4.68 Å². The number of sulfone groups is 1. The van der Waals surface area contributed by atoms with Crippen molar-refractivity contribution in [3.05, 3.63) is 73.7 Å². The molecule has 3 aromatic rings. The third-order valence-corrected chi connectivity index (χ3v) is 5.98. The largest absolute Gasteiger partial charge is 0.437 e. The summed E-state index contributed by atoms with van der Waals surface area (Å²) in [7, 11) is -3.61. The third-order valence-electron chi connectivity index (χ3n) is 3.95. The van der Waals surface area contributed by atoms with Crippen molar-refractivity contribution in [2.75, 3.05) is 5.75 Å². The van der Waals surface area contributed by atoms with Gasteiger partial charge in [0, 0.05) is 12.1 Å². The average Bonchev–Trinajstić information content (AvgIpc) is 3.00. The minimum absolute atomic E-state index is 0.0186. The molecule has 0 N–H and O–H groups in total. The summed E-state index contributed by atoms with van der Waals surface area (Å²) in [6.45, 7) is 1.62. The lowest BCUT2D eigenvalue weighted by Crippen LogP contribution is -2.21. The molecule has 0 saturated heterocycles. The highest BCUT2D eigenvalue weighted by atomic mass is 35.5. The molecule has 0 unspecified atom stereocenters. The molecule has 1 heterocycles. The van der Waals surface area contributed by atoms with Gasteiger partial charge in [-0.1, -0.05) is 29.3 Å². The van der Waals surface area contributed by atoms with E-state index in [4.69, 9.17) is 16.0 Å². The fourth-order valence-electron chi connectivity index (χ4n) is 2.42. The number of hydrogen-bond acceptors (Lipinski definition) is 7. The van der Waals surface area contributed by atoms with Crippen molar-refractivity contribution in [1.82, 2.24) is 9.78 Å². The van der Waals surface area contributed by atoms with Gasteiger partial charge >= 0.3 is 5.76 Å². The smallest absolute Gasteiger partial charge is 0.388 e. The number of non-ortho nitro benzene ring substituents is 1. The van der Waals surface area contributed by atoms with Crippen molar-refractivity contribution in [1.29, 1.82) is 0 Å². The number of nitrogens with zero attached hydrogens (tertiary/aromatic N) is 3. The van der Waals surface area contributed by atoms with Gasteiger partial charge in [0.15, 0.2) is 9.84 Å². The first-order valence-electron chi connectivity index (χ1n) is 7.99. The Kier molecular flexibility index (Phi) is 5.34. The molecule has 0 aliphatic rings. The van der Waals surface area contributed by atoms with Crippen molar-refractivity contribution in [3.8, 4) is 11.5 Å². The zero-order valence-corrected chi connectivity index (χ0v) is 16.1. The maximum Gasteiger partial charge on any atom is 0.437 e. The number of halogens is 1. The van der Waals surface area contributed by atoms with E-state index in [1.807, 2.05) is 6.92 Å². The summed E-state index contributed by atoms with van der Waals surface area (Å²) < 4.78 is 30.7. The van der Waals surface area contributed by atoms with Crippen LogP contribution in [0.2, 0.25) is 5.02 Å². The summed E-state index contributed by atoms with van der Waals surface area (Å²) in [5.74, 6) is -1.36. The molecule has 0 fully saturated rings. The second kappa shape index (κ2) is 7.56. The van der Waals surface area contributed by atoms with Crippen LogP contribution in [-0.4, -0.2) is 28.9 Å². The molecule has 0 atom stereocenters. The second-order valence-corrected chi connectivity index (χ2v) is 8.47. The van der Waals surface area contributed by atoms with Crippen LogP contribution in [0.1, 0.15) is 5.56 Å². The summed E-state index contributed by atoms with van der Waals surface area (Å²) in [5, 5.41) is 14.7. The van der Waals surface area contributed by atoms with Crippen LogP contribution in [0.4, 0.5) is 5.69 Å². The Bertz CT molecular complexity index is 1200. The zero-order chi connectivity index (χ0) is 20.5. The molecule has 28 heavy (non-hydrogen) atoms. The van der Waals surface area contributed by atoms with Gasteiger partial charge < -0.3 is 4.42 Å². The van der Waals surface area contributed by atoms with Crippen LogP contribution in [-0.2, 0) is 16.4 Å². The van der Waals surface area contributed by atoms with E-state index in [2.05, 4.69) is 5.10 Å². The standard InChI is InChI=1S/C17H14ClN3O6S/c1-11-2-5-13(6-3-11)28(25,26)9-8-20-17(22)27-16(19-20)14-7-4-12(21(23)24)10-15(14)18/h2-7,10H,8-9H2,1H3. The highest BCUT2D eigenvalue weighted by Gasteiger charge is 2.19. The molecule has 0 aliphatic heterocycles. The van der Waals surface area contributed by atoms with Gasteiger partial charge in [0.25, 0.3) is 11.6 Å². The maximum absolute atomic E-state index is 12.4. The Balaban J connectivity index is 1.82. The van der Waals surface area contributed by atoms with Gasteiger partial charge in [-0.05, 0) is 25.1 Å². The quantitative estimate of drug-likeness (QED) is 0.440. The van der Waals surface area contributed by atoms with E-state index in [1.54, 1.807) is 12.1 Å². The zero-order valence-electron chi connectivity index (χ0n) is 14.5. The average molecular weight is 424 g/mol. The molecule has 0 bridgehead atoms. The van der Waals surface area contributed by atoms with Crippen molar-refractivity contribution < 1.29 is 17.8 Å². The summed E-state index contributed by atoms with van der Waals surface area (Å²) >= 11 is 6.00. The fourth-order valence-corrected chi connectivity index (χ4v) is 3.87. The molecule has 9 nitrogen and oxygen atoms in total. The number of aromatic nitrogens is 2. The number of rotatable bonds is 6. The first-order valence-corrected chi connectivity index (χ1v) is 10.0. The molecule has 2 aromatic carbocycles. The van der Waals surface area contributed by atoms with E-state index >= 15 is 0 Å². The predicted octanol–water partition coefficient (Wildman–Crippen LogP) is 2.85. The predicted molar refractivity (Wildman–Crippen MR) is 101 cm³/mol. The van der Waals surface area contributed by atoms with E-state index in [1.165, 1.54) is 24.3 Å². The number of hydrogen-bond donors (Lipinski definition) is 0. The number of nitro benzene ring substituents is 1. The van der Waals surface area contributed by atoms with Crippen molar-refractivity contribution >= 4 is 27.1 Å². The van der Waals surface area contributed by atoms with Crippen molar-refractivity contribution in [2.45, 2.75) is 18.4 Å². The Hall–Kier alpha value is -2.98. The molecule has 11 heteroatoms. The van der Waals surface area contributed by atoms with Gasteiger partial charge in [-0.25, -0.2) is 13.2 Å². The summed E-state index contributed by atoms with van der Waals surface area (Å²) in [4.78, 5) is 22.3. The van der Waals surface area contributed by atoms with Gasteiger partial charge in [0.05, 0.1) is 32.7 Å². The molecule has 0 spiro atoms. The monoisotopic (exact) mass is 423 g/mol. The van der Waals surface area contributed by atoms with Gasteiger partial charge in [0.1, 0.15) is 0 Å². The lowest BCUT2D eigenvalue weighted by Gasteiger charge is -2.04. The number of aryl methyl sites for hydroxylation is 2. The van der Waals surface area contributed by atoms with Gasteiger partial charge in [-0.15, -0.1) is 5.10 Å². The Morgan fingerprint density at radius 3 is 2.50 bits per heavy atom. The molecule has 0 aliphatic carbocycles. The normalized spacial score (nSPS) is 11.5. The van der Waals surface area contributed by atoms with Crippen LogP contribution in [0.15, 0.2) is 56.6 Å². The Morgan fingerprint density at radius 2 is 1.89 bits per heavy atom. The van der Waals surface area contributed by atoms with E-state index < -0.39 is 20.5 Å². The molecule has 0 amide bonds. The van der Waals surface area contributed by atoms with Crippen LogP contribution < -0.4 is 5.76 Å². The van der Waals surface area contributed by atoms with Crippen molar-refractivity contribution in [2.24, 2.45) is 0 Å². The van der Waals surface area contributed by atoms with Crippen LogP contribution in [0.3, 0.4) is 0 Å². The number of nitro groups is 1. The van der Waals surface area contributed by atoms with Gasteiger partial charge in [-0.3, -0.25) is 10.1 Å². The van der Waals surface area contributed by atoms with Crippen LogP contribution in [0.5, 0.6) is 0 Å². The fraction of sp³-hybridized carbons (Fsp3) is 0.176. The Labute approximate surface area is 164 Å². The van der Waals surface area contributed by atoms with E-state index in [0.29, 0.717) is 0 Å². The summed E-state index contributed by atoms with van der Waals surface area (Å²) in [6.07, 6.45) is 0. The molecule has 1 aromatic heterocycles. The second-order valence-electron chi connectivity index (χ2n) is 5.95. The maximum atomic E-state index is 12.4. The lowest BCUT2D eigenvalue weighted by molar-refractivity contribution is -0.384. The van der Waals surface area contributed by atoms with E-state index in [9.17, 15) is 23.3 Å². The molecule has 146 valence electrons. The van der Waals surface area contributed by atoms with Gasteiger partial charge in [0.2, 0.25) is 0 Å². The summed E-state index contributed by atoms with van der Waals surface area (Å²) in [5.41, 5.74) is 0.889. The highest BCUT2D eigenvalue weighted by molar-refractivity contribution is 7.91. The molecular weight excluding hydrogens is 410 g/mol. The topological polar surface area (TPSA) is 125 Å². The summed E-state index contributed by atoms with van der Waals surface area (Å²) in [6, 6.07) is 9.98. The molecular formula is C17H14ClN3O6S. The molecule has 0 saturated carbocycles. The van der Waals surface area contributed by atoms with Crippen LogP contribution >= 0.6 is 11.6 Å². The minimum Gasteiger partial charge on any atom is -0.388 e. The molecule has 0 radical (unpaired) electrons. The highest BCUT2D eigenvalue weighted by Crippen LogP contribution is 2.29. The first kappa shape index (κ1) is 19.8. The van der Waals surface area contributed by atoms with Crippen molar-refractivity contribution in [3.63, 3.8) is 0 Å². The van der Waals surface area contributed by atoms with Crippen LogP contribution in [0, 0.1) is 17.0 Å². The van der Waals surface area contributed by atoms with E-state index in [0.717, 1.165) is 16.3 Å². The van der Waals surface area contributed by atoms with E-state index in [-0.39, 0.29) is 39.4 Å². The minimum atomic E-state index is -3.61. The number of benzene rings is 2. The third kappa shape index (κ3) is 4.12. The lowest BCUT2D eigenvalue weighted by atomic mass is 10.2. The first-order chi connectivity index (χ1) is 13.2.